The van der Waals surface area contributed by atoms with E-state index in [9.17, 15) is 0 Å². The zero-order chi connectivity index (χ0) is 12.8. The van der Waals surface area contributed by atoms with Crippen LogP contribution >= 0.6 is 0 Å². The maximum atomic E-state index is 5.91. The molecule has 100 valence electrons. The molecule has 18 heavy (non-hydrogen) atoms. The first kappa shape index (κ1) is 13.2. The highest BCUT2D eigenvalue weighted by atomic mass is 16.7. The first-order valence-electron chi connectivity index (χ1n) is 6.60. The first-order chi connectivity index (χ1) is 8.79. The van der Waals surface area contributed by atoms with Gasteiger partial charge in [-0.25, -0.2) is 0 Å². The zero-order valence-electron chi connectivity index (χ0n) is 11.0. The van der Waals surface area contributed by atoms with Gasteiger partial charge in [0.15, 0.2) is 6.79 Å². The number of nitrogens with zero attached hydrogens (tertiary/aromatic N) is 1. The molecule has 0 aromatic heterocycles. The number of hydrogen-bond donors (Lipinski definition) is 1. The lowest BCUT2D eigenvalue weighted by Gasteiger charge is -2.32. The van der Waals surface area contributed by atoms with Crippen molar-refractivity contribution in [2.24, 2.45) is 5.73 Å². The van der Waals surface area contributed by atoms with Gasteiger partial charge in [-0.1, -0.05) is 0 Å². The monoisotopic (exact) mass is 250 g/mol. The van der Waals surface area contributed by atoms with Gasteiger partial charge in [-0.05, 0) is 44.0 Å². The van der Waals surface area contributed by atoms with E-state index in [-0.39, 0.29) is 0 Å². The average molecular weight is 250 g/mol. The summed E-state index contributed by atoms with van der Waals surface area (Å²) >= 11 is 0. The van der Waals surface area contributed by atoms with Crippen LogP contribution in [0.5, 0.6) is 5.75 Å². The Labute approximate surface area is 109 Å². The fourth-order valence-electron chi connectivity index (χ4n) is 2.10. The van der Waals surface area contributed by atoms with Gasteiger partial charge in [-0.15, -0.1) is 0 Å². The van der Waals surface area contributed by atoms with E-state index < -0.39 is 0 Å². The van der Waals surface area contributed by atoms with Crippen LogP contribution in [0.25, 0.3) is 0 Å². The van der Waals surface area contributed by atoms with Crippen molar-refractivity contribution in [3.63, 3.8) is 0 Å². The Balaban J connectivity index is 1.87. The van der Waals surface area contributed by atoms with Gasteiger partial charge in [-0.3, -0.25) is 0 Å². The van der Waals surface area contributed by atoms with Crippen molar-refractivity contribution in [1.29, 1.82) is 0 Å². The summed E-state index contributed by atoms with van der Waals surface area (Å²) in [6, 6.07) is 8.54. The van der Waals surface area contributed by atoms with E-state index >= 15 is 0 Å². The van der Waals surface area contributed by atoms with Crippen molar-refractivity contribution >= 4 is 5.69 Å². The zero-order valence-corrected chi connectivity index (χ0v) is 11.0. The second kappa shape index (κ2) is 6.61. The van der Waals surface area contributed by atoms with Gasteiger partial charge in [0.05, 0.1) is 0 Å². The number of nitrogens with two attached hydrogens (primary N) is 1. The van der Waals surface area contributed by atoms with Crippen molar-refractivity contribution in [3.05, 3.63) is 24.3 Å². The van der Waals surface area contributed by atoms with E-state index in [1.807, 2.05) is 19.1 Å². The molecule has 1 heterocycles. The van der Waals surface area contributed by atoms with E-state index in [2.05, 4.69) is 17.0 Å². The Hall–Kier alpha value is -1.26. The summed E-state index contributed by atoms with van der Waals surface area (Å²) in [5.41, 5.74) is 7.15. The van der Waals surface area contributed by atoms with Crippen LogP contribution in [-0.2, 0) is 4.74 Å². The molecule has 2 N–H and O–H groups in total. The topological polar surface area (TPSA) is 47.7 Å². The van der Waals surface area contributed by atoms with Gasteiger partial charge in [0.1, 0.15) is 5.75 Å². The van der Waals surface area contributed by atoms with Crippen LogP contribution in [0, 0.1) is 0 Å². The summed E-state index contributed by atoms with van der Waals surface area (Å²) < 4.78 is 10.6. The molecule has 1 aromatic carbocycles. The third-order valence-corrected chi connectivity index (χ3v) is 3.25. The van der Waals surface area contributed by atoms with Crippen molar-refractivity contribution in [2.75, 3.05) is 31.4 Å². The summed E-state index contributed by atoms with van der Waals surface area (Å²) in [6.07, 6.45) is 2.14. The molecule has 1 fully saturated rings. The highest BCUT2D eigenvalue weighted by Gasteiger charge is 2.15. The first-order valence-corrected chi connectivity index (χ1v) is 6.60. The van der Waals surface area contributed by atoms with Crippen LogP contribution in [-0.4, -0.2) is 32.5 Å². The van der Waals surface area contributed by atoms with Crippen molar-refractivity contribution in [2.45, 2.75) is 25.8 Å². The SMILES string of the molecule is CCOCOc1ccc(N2CCC(N)CC2)cc1. The summed E-state index contributed by atoms with van der Waals surface area (Å²) in [4.78, 5) is 2.37. The van der Waals surface area contributed by atoms with Gasteiger partial charge < -0.3 is 20.1 Å². The Morgan fingerprint density at radius 1 is 1.22 bits per heavy atom. The molecule has 0 saturated carbocycles. The average Bonchev–Trinajstić information content (AvgIpc) is 2.41. The molecule has 4 heteroatoms. The quantitative estimate of drug-likeness (QED) is 0.641. The number of ether oxygens (including phenoxy) is 2. The molecule has 2 rings (SSSR count). The van der Waals surface area contributed by atoms with E-state index in [4.69, 9.17) is 15.2 Å². The van der Waals surface area contributed by atoms with Crippen LogP contribution in [0.15, 0.2) is 24.3 Å². The molecule has 0 spiro atoms. The van der Waals surface area contributed by atoms with E-state index in [1.54, 1.807) is 0 Å². The summed E-state index contributed by atoms with van der Waals surface area (Å²) in [7, 11) is 0. The van der Waals surface area contributed by atoms with Crippen LogP contribution in [0.2, 0.25) is 0 Å². The lowest BCUT2D eigenvalue weighted by Crippen LogP contribution is -2.39. The maximum Gasteiger partial charge on any atom is 0.189 e. The Morgan fingerprint density at radius 3 is 2.50 bits per heavy atom. The summed E-state index contributed by atoms with van der Waals surface area (Å²) in [6.45, 7) is 5.02. The van der Waals surface area contributed by atoms with Gasteiger partial charge in [-0.2, -0.15) is 0 Å². The predicted octanol–water partition coefficient (Wildman–Crippen LogP) is 1.99. The van der Waals surface area contributed by atoms with E-state index in [1.165, 1.54) is 5.69 Å². The molecular weight excluding hydrogens is 228 g/mol. The third kappa shape index (κ3) is 3.62. The molecule has 0 unspecified atom stereocenters. The minimum atomic E-state index is 0.314. The molecule has 0 bridgehead atoms. The standard InChI is InChI=1S/C14H22N2O2/c1-2-17-11-18-14-5-3-13(4-6-14)16-9-7-12(15)8-10-16/h3-6,12H,2,7-11,15H2,1H3. The Bertz CT molecular complexity index is 345. The Morgan fingerprint density at radius 2 is 1.89 bits per heavy atom. The molecule has 1 aliphatic heterocycles. The van der Waals surface area contributed by atoms with Crippen molar-refractivity contribution < 1.29 is 9.47 Å². The minimum Gasteiger partial charge on any atom is -0.468 e. The maximum absolute atomic E-state index is 5.91. The molecule has 0 radical (unpaired) electrons. The molecule has 1 aliphatic rings. The number of rotatable bonds is 5. The third-order valence-electron chi connectivity index (χ3n) is 3.25. The number of benzene rings is 1. The number of piperidine rings is 1. The fourth-order valence-corrected chi connectivity index (χ4v) is 2.10. The van der Waals surface area contributed by atoms with Gasteiger partial charge in [0.25, 0.3) is 0 Å². The molecule has 0 amide bonds. The normalized spacial score (nSPS) is 16.9. The number of hydrogen-bond acceptors (Lipinski definition) is 4. The predicted molar refractivity (Wildman–Crippen MR) is 73.0 cm³/mol. The lowest BCUT2D eigenvalue weighted by atomic mass is 10.1. The molecular formula is C14H22N2O2. The van der Waals surface area contributed by atoms with E-state index in [0.717, 1.165) is 31.7 Å². The van der Waals surface area contributed by atoms with Gasteiger partial charge in [0, 0.05) is 31.4 Å². The highest BCUT2D eigenvalue weighted by Crippen LogP contribution is 2.22. The molecule has 4 nitrogen and oxygen atoms in total. The molecule has 1 aromatic rings. The lowest BCUT2D eigenvalue weighted by molar-refractivity contribution is 0.0224. The molecule has 0 atom stereocenters. The summed E-state index contributed by atoms with van der Waals surface area (Å²) in [5.74, 6) is 0.848. The molecule has 1 saturated heterocycles. The largest absolute Gasteiger partial charge is 0.468 e. The van der Waals surface area contributed by atoms with Gasteiger partial charge in [0.2, 0.25) is 0 Å². The smallest absolute Gasteiger partial charge is 0.189 e. The second-order valence-corrected chi connectivity index (χ2v) is 4.57. The fraction of sp³-hybridized carbons (Fsp3) is 0.571. The minimum absolute atomic E-state index is 0.314. The summed E-state index contributed by atoms with van der Waals surface area (Å²) in [5, 5.41) is 0. The van der Waals surface area contributed by atoms with Crippen LogP contribution in [0.4, 0.5) is 5.69 Å². The molecule has 0 aliphatic carbocycles. The van der Waals surface area contributed by atoms with Crippen LogP contribution in [0.1, 0.15) is 19.8 Å². The highest BCUT2D eigenvalue weighted by molar-refractivity contribution is 5.49. The van der Waals surface area contributed by atoms with Gasteiger partial charge >= 0.3 is 0 Å². The van der Waals surface area contributed by atoms with Crippen molar-refractivity contribution in [1.82, 2.24) is 0 Å². The van der Waals surface area contributed by atoms with E-state index in [0.29, 0.717) is 19.4 Å². The van der Waals surface area contributed by atoms with Crippen LogP contribution in [0.3, 0.4) is 0 Å². The Kier molecular flexibility index (Phi) is 4.84. The van der Waals surface area contributed by atoms with Crippen LogP contribution < -0.4 is 15.4 Å². The number of anilines is 1. The van der Waals surface area contributed by atoms with Crippen molar-refractivity contribution in [3.8, 4) is 5.75 Å². The second-order valence-electron chi connectivity index (χ2n) is 4.57.